The topological polar surface area (TPSA) is 58.8 Å². The van der Waals surface area contributed by atoms with Gasteiger partial charge in [-0.1, -0.05) is 0 Å². The predicted molar refractivity (Wildman–Crippen MR) is 79.4 cm³/mol. The summed E-state index contributed by atoms with van der Waals surface area (Å²) in [6, 6.07) is 0. The minimum atomic E-state index is -0.381. The minimum Gasteiger partial charge on any atom is -0.381 e. The molecule has 0 bridgehead atoms. The quantitative estimate of drug-likeness (QED) is 0.818. The standard InChI is InChI=1S/C15H29N3O2/c1-17-7-3-4-13(10-17)11-18(2)14(19)15(12-16)5-8-20-9-6-15/h13H,3-12,16H2,1-2H3. The maximum absolute atomic E-state index is 12.8. The van der Waals surface area contributed by atoms with Crippen LogP contribution in [0.4, 0.5) is 0 Å². The van der Waals surface area contributed by atoms with Crippen LogP contribution in [0.1, 0.15) is 25.7 Å². The molecule has 2 aliphatic rings. The van der Waals surface area contributed by atoms with Crippen molar-refractivity contribution in [3.63, 3.8) is 0 Å². The fraction of sp³-hybridized carbons (Fsp3) is 0.933. The summed E-state index contributed by atoms with van der Waals surface area (Å²) >= 11 is 0. The molecule has 2 rings (SSSR count). The first-order valence-corrected chi connectivity index (χ1v) is 7.79. The maximum Gasteiger partial charge on any atom is 0.229 e. The fourth-order valence-corrected chi connectivity index (χ4v) is 3.56. The molecule has 0 aromatic carbocycles. The third-order valence-electron chi connectivity index (χ3n) is 4.90. The Hall–Kier alpha value is -0.650. The van der Waals surface area contributed by atoms with Gasteiger partial charge in [-0.3, -0.25) is 4.79 Å². The van der Waals surface area contributed by atoms with Gasteiger partial charge in [-0.05, 0) is 45.2 Å². The summed E-state index contributed by atoms with van der Waals surface area (Å²) in [6.45, 7) is 4.87. The highest BCUT2D eigenvalue weighted by atomic mass is 16.5. The van der Waals surface area contributed by atoms with E-state index in [-0.39, 0.29) is 11.3 Å². The molecule has 2 aliphatic heterocycles. The van der Waals surface area contributed by atoms with Gasteiger partial charge >= 0.3 is 0 Å². The van der Waals surface area contributed by atoms with E-state index in [1.54, 1.807) is 0 Å². The molecule has 0 aromatic heterocycles. The van der Waals surface area contributed by atoms with E-state index >= 15 is 0 Å². The molecule has 5 heteroatoms. The van der Waals surface area contributed by atoms with E-state index in [1.807, 2.05) is 11.9 Å². The molecular weight excluding hydrogens is 254 g/mol. The zero-order valence-corrected chi connectivity index (χ0v) is 12.9. The summed E-state index contributed by atoms with van der Waals surface area (Å²) in [5, 5.41) is 0. The summed E-state index contributed by atoms with van der Waals surface area (Å²) < 4.78 is 5.39. The molecule has 1 atom stereocenters. The molecule has 116 valence electrons. The van der Waals surface area contributed by atoms with Gasteiger partial charge in [0.2, 0.25) is 5.91 Å². The van der Waals surface area contributed by atoms with E-state index in [0.717, 1.165) is 25.9 Å². The molecule has 1 unspecified atom stereocenters. The first-order valence-electron chi connectivity index (χ1n) is 7.79. The molecule has 2 fully saturated rings. The summed E-state index contributed by atoms with van der Waals surface area (Å²) in [4.78, 5) is 17.1. The van der Waals surface area contributed by atoms with Gasteiger partial charge in [-0.25, -0.2) is 0 Å². The van der Waals surface area contributed by atoms with Gasteiger partial charge in [0.15, 0.2) is 0 Å². The number of carbonyl (C=O) groups is 1. The second-order valence-corrected chi connectivity index (χ2v) is 6.55. The second kappa shape index (κ2) is 6.87. The lowest BCUT2D eigenvalue weighted by molar-refractivity contribution is -0.146. The van der Waals surface area contributed by atoms with Crippen molar-refractivity contribution >= 4 is 5.91 Å². The summed E-state index contributed by atoms with van der Waals surface area (Å²) in [5.74, 6) is 0.814. The van der Waals surface area contributed by atoms with Crippen LogP contribution in [-0.2, 0) is 9.53 Å². The lowest BCUT2D eigenvalue weighted by Crippen LogP contribution is -2.51. The van der Waals surface area contributed by atoms with E-state index < -0.39 is 0 Å². The normalized spacial score (nSPS) is 27.2. The molecule has 5 nitrogen and oxygen atoms in total. The Bertz CT molecular complexity index is 329. The first-order chi connectivity index (χ1) is 9.57. The van der Waals surface area contributed by atoms with Crippen LogP contribution in [0.2, 0.25) is 0 Å². The smallest absolute Gasteiger partial charge is 0.229 e. The number of amides is 1. The number of piperidine rings is 1. The number of hydrogen-bond acceptors (Lipinski definition) is 4. The van der Waals surface area contributed by atoms with Crippen molar-refractivity contribution in [2.75, 3.05) is 53.5 Å². The highest BCUT2D eigenvalue weighted by molar-refractivity contribution is 5.83. The molecule has 0 aromatic rings. The van der Waals surface area contributed by atoms with Gasteiger partial charge < -0.3 is 20.3 Å². The van der Waals surface area contributed by atoms with Crippen LogP contribution in [0.3, 0.4) is 0 Å². The molecule has 0 radical (unpaired) electrons. The third kappa shape index (κ3) is 3.51. The lowest BCUT2D eigenvalue weighted by Gasteiger charge is -2.39. The SMILES string of the molecule is CN1CCCC(CN(C)C(=O)C2(CN)CCOCC2)C1. The molecule has 0 spiro atoms. The Kier molecular flexibility index (Phi) is 5.41. The monoisotopic (exact) mass is 283 g/mol. The summed E-state index contributed by atoms with van der Waals surface area (Å²) in [5.41, 5.74) is 5.54. The Balaban J connectivity index is 1.93. The lowest BCUT2D eigenvalue weighted by atomic mass is 9.78. The minimum absolute atomic E-state index is 0.219. The average molecular weight is 283 g/mol. The van der Waals surface area contributed by atoms with Crippen molar-refractivity contribution < 1.29 is 9.53 Å². The molecule has 20 heavy (non-hydrogen) atoms. The predicted octanol–water partition coefficient (Wildman–Crippen LogP) is 0.542. The number of nitrogens with zero attached hydrogens (tertiary/aromatic N) is 2. The van der Waals surface area contributed by atoms with Crippen molar-refractivity contribution in [1.29, 1.82) is 0 Å². The number of nitrogens with two attached hydrogens (primary N) is 1. The van der Waals surface area contributed by atoms with Gasteiger partial charge in [0, 0.05) is 39.9 Å². The second-order valence-electron chi connectivity index (χ2n) is 6.55. The molecule has 1 amide bonds. The Morgan fingerprint density at radius 3 is 2.75 bits per heavy atom. The Morgan fingerprint density at radius 2 is 2.15 bits per heavy atom. The molecule has 2 saturated heterocycles. The van der Waals surface area contributed by atoms with E-state index in [2.05, 4.69) is 11.9 Å². The third-order valence-corrected chi connectivity index (χ3v) is 4.90. The van der Waals surface area contributed by atoms with Crippen LogP contribution in [-0.4, -0.2) is 69.2 Å². The number of hydrogen-bond donors (Lipinski definition) is 1. The maximum atomic E-state index is 12.8. The van der Waals surface area contributed by atoms with Crippen molar-refractivity contribution in [1.82, 2.24) is 9.80 Å². The highest BCUT2D eigenvalue weighted by Gasteiger charge is 2.40. The van der Waals surface area contributed by atoms with Crippen molar-refractivity contribution in [2.45, 2.75) is 25.7 Å². The number of rotatable bonds is 4. The van der Waals surface area contributed by atoms with E-state index in [4.69, 9.17) is 10.5 Å². The molecule has 2 N–H and O–H groups in total. The molecule has 0 saturated carbocycles. The van der Waals surface area contributed by atoms with Gasteiger partial charge in [0.1, 0.15) is 0 Å². The van der Waals surface area contributed by atoms with Gasteiger partial charge in [0.25, 0.3) is 0 Å². The van der Waals surface area contributed by atoms with Gasteiger partial charge in [0.05, 0.1) is 5.41 Å². The van der Waals surface area contributed by atoms with Crippen LogP contribution < -0.4 is 5.73 Å². The number of carbonyl (C=O) groups excluding carboxylic acids is 1. The fourth-order valence-electron chi connectivity index (χ4n) is 3.56. The van der Waals surface area contributed by atoms with E-state index in [0.29, 0.717) is 25.7 Å². The van der Waals surface area contributed by atoms with Crippen LogP contribution in [0.15, 0.2) is 0 Å². The molecule has 0 aliphatic carbocycles. The summed E-state index contributed by atoms with van der Waals surface area (Å²) in [7, 11) is 4.09. The Labute approximate surface area is 122 Å². The van der Waals surface area contributed by atoms with Crippen LogP contribution in [0.5, 0.6) is 0 Å². The first kappa shape index (κ1) is 15.7. The molecule has 2 heterocycles. The zero-order valence-electron chi connectivity index (χ0n) is 12.9. The Morgan fingerprint density at radius 1 is 1.45 bits per heavy atom. The van der Waals surface area contributed by atoms with Crippen LogP contribution in [0, 0.1) is 11.3 Å². The van der Waals surface area contributed by atoms with Crippen molar-refractivity contribution in [2.24, 2.45) is 17.1 Å². The highest BCUT2D eigenvalue weighted by Crippen LogP contribution is 2.31. The van der Waals surface area contributed by atoms with Crippen molar-refractivity contribution in [3.8, 4) is 0 Å². The van der Waals surface area contributed by atoms with Crippen molar-refractivity contribution in [3.05, 3.63) is 0 Å². The number of likely N-dealkylation sites (tertiary alicyclic amines) is 1. The van der Waals surface area contributed by atoms with E-state index in [9.17, 15) is 4.79 Å². The van der Waals surface area contributed by atoms with E-state index in [1.165, 1.54) is 19.4 Å². The summed E-state index contributed by atoms with van der Waals surface area (Å²) in [6.07, 6.45) is 3.98. The molecular formula is C15H29N3O2. The largest absolute Gasteiger partial charge is 0.381 e. The van der Waals surface area contributed by atoms with Gasteiger partial charge in [-0.15, -0.1) is 0 Å². The van der Waals surface area contributed by atoms with Gasteiger partial charge in [-0.2, -0.15) is 0 Å². The van der Waals surface area contributed by atoms with Crippen LogP contribution in [0.25, 0.3) is 0 Å². The number of ether oxygens (including phenoxy) is 1. The zero-order chi connectivity index (χ0) is 14.6. The van der Waals surface area contributed by atoms with Crippen LogP contribution >= 0.6 is 0 Å². The average Bonchev–Trinajstić information content (AvgIpc) is 2.47.